The highest BCUT2D eigenvalue weighted by Crippen LogP contribution is 2.33. The zero-order valence-electron chi connectivity index (χ0n) is 11.8. The van der Waals surface area contributed by atoms with E-state index in [1.807, 2.05) is 13.8 Å². The van der Waals surface area contributed by atoms with Crippen molar-refractivity contribution < 1.29 is 23.9 Å². The molecule has 21 heavy (non-hydrogen) atoms. The van der Waals surface area contributed by atoms with Gasteiger partial charge in [-0.25, -0.2) is 9.69 Å². The van der Waals surface area contributed by atoms with E-state index in [2.05, 4.69) is 5.32 Å². The highest BCUT2D eigenvalue weighted by atomic mass is 16.5. The smallest absolute Gasteiger partial charge is 0.335 e. The van der Waals surface area contributed by atoms with Crippen LogP contribution >= 0.6 is 0 Å². The van der Waals surface area contributed by atoms with Crippen LogP contribution < -0.4 is 19.7 Å². The molecule has 1 aromatic rings. The lowest BCUT2D eigenvalue weighted by Gasteiger charge is -2.25. The van der Waals surface area contributed by atoms with Crippen LogP contribution in [0.2, 0.25) is 0 Å². The van der Waals surface area contributed by atoms with Crippen molar-refractivity contribution in [2.75, 3.05) is 18.1 Å². The zero-order chi connectivity index (χ0) is 15.4. The van der Waals surface area contributed by atoms with E-state index in [9.17, 15) is 14.4 Å². The van der Waals surface area contributed by atoms with E-state index in [-0.39, 0.29) is 6.42 Å². The van der Waals surface area contributed by atoms with Crippen LogP contribution in [0.1, 0.15) is 20.3 Å². The van der Waals surface area contributed by atoms with Crippen LogP contribution in [0.5, 0.6) is 11.5 Å². The molecule has 1 heterocycles. The van der Waals surface area contributed by atoms with Gasteiger partial charge in [-0.1, -0.05) is 0 Å². The van der Waals surface area contributed by atoms with Crippen molar-refractivity contribution >= 4 is 23.5 Å². The van der Waals surface area contributed by atoms with Crippen LogP contribution in [-0.2, 0) is 9.59 Å². The van der Waals surface area contributed by atoms with Crippen LogP contribution in [0.3, 0.4) is 0 Å². The summed E-state index contributed by atoms with van der Waals surface area (Å²) in [4.78, 5) is 35.7. The molecule has 0 bridgehead atoms. The summed E-state index contributed by atoms with van der Waals surface area (Å²) in [5.41, 5.74) is 0.330. The van der Waals surface area contributed by atoms with Crippen LogP contribution in [0.15, 0.2) is 18.2 Å². The third-order valence-corrected chi connectivity index (χ3v) is 2.80. The molecule has 0 aliphatic carbocycles. The summed E-state index contributed by atoms with van der Waals surface area (Å²) >= 11 is 0. The molecule has 1 fully saturated rings. The molecule has 7 heteroatoms. The van der Waals surface area contributed by atoms with E-state index < -0.39 is 17.8 Å². The Hall–Kier alpha value is -2.57. The van der Waals surface area contributed by atoms with Crippen LogP contribution in [0.4, 0.5) is 10.5 Å². The summed E-state index contributed by atoms with van der Waals surface area (Å²) in [7, 11) is 0. The number of carbonyl (C=O) groups is 3. The Kier molecular flexibility index (Phi) is 4.42. The fourth-order valence-corrected chi connectivity index (χ4v) is 1.99. The van der Waals surface area contributed by atoms with Gasteiger partial charge in [-0.3, -0.25) is 14.9 Å². The van der Waals surface area contributed by atoms with Gasteiger partial charge in [-0.15, -0.1) is 0 Å². The fraction of sp³-hybridized carbons (Fsp3) is 0.357. The highest BCUT2D eigenvalue weighted by molar-refractivity contribution is 6.26. The van der Waals surface area contributed by atoms with Crippen molar-refractivity contribution in [3.05, 3.63) is 18.2 Å². The molecule has 0 unspecified atom stereocenters. The minimum absolute atomic E-state index is 0.330. The average molecular weight is 292 g/mol. The minimum Gasteiger partial charge on any atom is -0.490 e. The van der Waals surface area contributed by atoms with Gasteiger partial charge in [-0.05, 0) is 26.0 Å². The number of barbiturate groups is 1. The Balaban J connectivity index is 2.35. The molecule has 2 rings (SSSR count). The number of nitrogens with one attached hydrogen (secondary N) is 1. The third kappa shape index (κ3) is 3.13. The van der Waals surface area contributed by atoms with Crippen molar-refractivity contribution in [2.45, 2.75) is 20.3 Å². The maximum atomic E-state index is 11.9. The predicted octanol–water partition coefficient (Wildman–Crippen LogP) is 1.46. The molecule has 112 valence electrons. The summed E-state index contributed by atoms with van der Waals surface area (Å²) in [5, 5.41) is 2.10. The Morgan fingerprint density at radius 2 is 1.76 bits per heavy atom. The van der Waals surface area contributed by atoms with E-state index in [0.717, 1.165) is 4.90 Å². The molecule has 0 spiro atoms. The molecule has 0 aromatic heterocycles. The SMILES string of the molecule is CCOc1ccc(N2C(=O)CC(=O)NC2=O)cc1OCC. The predicted molar refractivity (Wildman–Crippen MR) is 74.4 cm³/mol. The van der Waals surface area contributed by atoms with Gasteiger partial charge in [0.15, 0.2) is 11.5 Å². The number of hydrogen-bond donors (Lipinski definition) is 1. The molecule has 0 saturated carbocycles. The number of amides is 4. The minimum atomic E-state index is -0.761. The van der Waals surface area contributed by atoms with Crippen molar-refractivity contribution in [2.24, 2.45) is 0 Å². The summed E-state index contributed by atoms with van der Waals surface area (Å²) in [6, 6.07) is 3.98. The third-order valence-electron chi connectivity index (χ3n) is 2.80. The van der Waals surface area contributed by atoms with Gasteiger partial charge in [0, 0.05) is 6.07 Å². The summed E-state index contributed by atoms with van der Waals surface area (Å²) in [6.45, 7) is 4.55. The summed E-state index contributed by atoms with van der Waals surface area (Å²) in [5.74, 6) is -0.203. The molecule has 1 N–H and O–H groups in total. The number of imide groups is 2. The van der Waals surface area contributed by atoms with E-state index in [1.165, 1.54) is 0 Å². The number of nitrogens with zero attached hydrogens (tertiary/aromatic N) is 1. The number of hydrogen-bond acceptors (Lipinski definition) is 5. The van der Waals surface area contributed by atoms with E-state index in [1.54, 1.807) is 18.2 Å². The first-order valence-electron chi connectivity index (χ1n) is 6.63. The largest absolute Gasteiger partial charge is 0.490 e. The van der Waals surface area contributed by atoms with E-state index in [4.69, 9.17) is 9.47 Å². The molecule has 1 saturated heterocycles. The monoisotopic (exact) mass is 292 g/mol. The van der Waals surface area contributed by atoms with Gasteiger partial charge in [0.25, 0.3) is 0 Å². The van der Waals surface area contributed by atoms with E-state index in [0.29, 0.717) is 30.4 Å². The second-order valence-electron chi connectivity index (χ2n) is 4.26. The number of benzene rings is 1. The normalized spacial score (nSPS) is 15.0. The molecule has 1 aromatic carbocycles. The molecule has 7 nitrogen and oxygen atoms in total. The van der Waals surface area contributed by atoms with E-state index >= 15 is 0 Å². The topological polar surface area (TPSA) is 84.9 Å². The molecule has 0 radical (unpaired) electrons. The first-order valence-corrected chi connectivity index (χ1v) is 6.63. The summed E-state index contributed by atoms with van der Waals surface area (Å²) in [6.07, 6.45) is -0.358. The van der Waals surface area contributed by atoms with Crippen LogP contribution in [0, 0.1) is 0 Å². The van der Waals surface area contributed by atoms with Gasteiger partial charge >= 0.3 is 6.03 Å². The number of carbonyl (C=O) groups excluding carboxylic acids is 3. The second-order valence-corrected chi connectivity index (χ2v) is 4.26. The van der Waals surface area contributed by atoms with Gasteiger partial charge in [-0.2, -0.15) is 0 Å². The van der Waals surface area contributed by atoms with Crippen LogP contribution in [-0.4, -0.2) is 31.1 Å². The van der Waals surface area contributed by atoms with Crippen LogP contribution in [0.25, 0.3) is 0 Å². The lowest BCUT2D eigenvalue weighted by molar-refractivity contribution is -0.128. The maximum Gasteiger partial charge on any atom is 0.335 e. The Morgan fingerprint density at radius 1 is 1.10 bits per heavy atom. The fourth-order valence-electron chi connectivity index (χ4n) is 1.99. The molecular formula is C14H16N2O5. The molecule has 0 atom stereocenters. The second kappa shape index (κ2) is 6.25. The van der Waals surface area contributed by atoms with Gasteiger partial charge in [0.1, 0.15) is 6.42 Å². The molecular weight excluding hydrogens is 276 g/mol. The first-order chi connectivity index (χ1) is 10.1. The summed E-state index contributed by atoms with van der Waals surface area (Å²) < 4.78 is 10.9. The highest BCUT2D eigenvalue weighted by Gasteiger charge is 2.32. The molecule has 1 aliphatic heterocycles. The number of ether oxygens (including phenoxy) is 2. The molecule has 4 amide bonds. The number of anilines is 1. The van der Waals surface area contributed by atoms with Gasteiger partial charge in [0.2, 0.25) is 11.8 Å². The lowest BCUT2D eigenvalue weighted by Crippen LogP contribution is -2.52. The maximum absolute atomic E-state index is 11.9. The van der Waals surface area contributed by atoms with Gasteiger partial charge < -0.3 is 9.47 Å². The Labute approximate surface area is 121 Å². The zero-order valence-corrected chi connectivity index (χ0v) is 11.8. The number of rotatable bonds is 5. The van der Waals surface area contributed by atoms with Crippen molar-refractivity contribution in [1.82, 2.24) is 5.32 Å². The van der Waals surface area contributed by atoms with Crippen molar-refractivity contribution in [1.29, 1.82) is 0 Å². The average Bonchev–Trinajstić information content (AvgIpc) is 2.41. The van der Waals surface area contributed by atoms with Gasteiger partial charge in [0.05, 0.1) is 18.9 Å². The first kappa shape index (κ1) is 14.8. The number of urea groups is 1. The van der Waals surface area contributed by atoms with Crippen molar-refractivity contribution in [3.8, 4) is 11.5 Å². The molecule has 1 aliphatic rings. The quantitative estimate of drug-likeness (QED) is 0.830. The Bertz CT molecular complexity index is 565. The Morgan fingerprint density at radius 3 is 2.38 bits per heavy atom. The van der Waals surface area contributed by atoms with Crippen molar-refractivity contribution in [3.63, 3.8) is 0 Å². The standard InChI is InChI=1S/C14H16N2O5/c1-3-20-10-6-5-9(7-11(10)21-4-2)16-13(18)8-12(17)15-14(16)19/h5-7H,3-4,8H2,1-2H3,(H,15,17,19). The lowest BCUT2D eigenvalue weighted by atomic mass is 10.2.